The Morgan fingerprint density at radius 3 is 2.67 bits per heavy atom. The summed E-state index contributed by atoms with van der Waals surface area (Å²) >= 11 is 0. The van der Waals surface area contributed by atoms with E-state index in [9.17, 15) is 0 Å². The molecular weight excluding hydrogens is 226 g/mol. The molecule has 0 radical (unpaired) electrons. The standard InChI is InChI=1S/C14H21N3O/c1-3-15-12-9-11(10-5-6-10)16-13(17-12)14(18-2)7-4-8-14/h9-10H,3-8H2,1-2H3,(H,15,16,17). The van der Waals surface area contributed by atoms with Crippen LogP contribution in [0.15, 0.2) is 6.07 Å². The molecule has 1 aromatic rings. The molecule has 2 aliphatic rings. The van der Waals surface area contributed by atoms with Gasteiger partial charge in [0.15, 0.2) is 5.82 Å². The van der Waals surface area contributed by atoms with E-state index >= 15 is 0 Å². The van der Waals surface area contributed by atoms with Crippen LogP contribution >= 0.6 is 0 Å². The molecule has 2 saturated carbocycles. The summed E-state index contributed by atoms with van der Waals surface area (Å²) in [6.07, 6.45) is 5.83. The Morgan fingerprint density at radius 2 is 2.17 bits per heavy atom. The van der Waals surface area contributed by atoms with Crippen LogP contribution in [0.5, 0.6) is 0 Å². The van der Waals surface area contributed by atoms with Gasteiger partial charge in [-0.05, 0) is 39.0 Å². The van der Waals surface area contributed by atoms with Crippen LogP contribution in [0, 0.1) is 0 Å². The number of anilines is 1. The third kappa shape index (κ3) is 1.99. The van der Waals surface area contributed by atoms with Crippen LogP contribution in [0.2, 0.25) is 0 Å². The molecule has 1 aromatic heterocycles. The fourth-order valence-corrected chi connectivity index (χ4v) is 2.55. The maximum atomic E-state index is 5.70. The summed E-state index contributed by atoms with van der Waals surface area (Å²) in [5.74, 6) is 2.49. The van der Waals surface area contributed by atoms with E-state index in [1.54, 1.807) is 7.11 Å². The normalized spacial score (nSPS) is 21.4. The lowest BCUT2D eigenvalue weighted by atomic mass is 9.79. The monoisotopic (exact) mass is 247 g/mol. The van der Waals surface area contributed by atoms with Crippen molar-refractivity contribution in [1.82, 2.24) is 9.97 Å². The van der Waals surface area contributed by atoms with Crippen LogP contribution in [0.4, 0.5) is 5.82 Å². The molecule has 0 atom stereocenters. The Kier molecular flexibility index (Phi) is 2.98. The van der Waals surface area contributed by atoms with E-state index in [4.69, 9.17) is 9.72 Å². The Hall–Kier alpha value is -1.16. The van der Waals surface area contributed by atoms with Crippen molar-refractivity contribution in [1.29, 1.82) is 0 Å². The summed E-state index contributed by atoms with van der Waals surface area (Å²) in [5, 5.41) is 3.31. The number of methoxy groups -OCH3 is 1. The second-order valence-electron chi connectivity index (χ2n) is 5.36. The highest BCUT2D eigenvalue weighted by Gasteiger charge is 2.42. The lowest BCUT2D eigenvalue weighted by molar-refractivity contribution is -0.0846. The molecule has 0 bridgehead atoms. The summed E-state index contributed by atoms with van der Waals surface area (Å²) in [6.45, 7) is 2.98. The van der Waals surface area contributed by atoms with Crippen molar-refractivity contribution in [2.45, 2.75) is 50.5 Å². The molecule has 0 spiro atoms. The lowest BCUT2D eigenvalue weighted by Gasteiger charge is -2.39. The fourth-order valence-electron chi connectivity index (χ4n) is 2.55. The van der Waals surface area contributed by atoms with Crippen molar-refractivity contribution in [3.63, 3.8) is 0 Å². The van der Waals surface area contributed by atoms with Gasteiger partial charge in [0, 0.05) is 31.3 Å². The molecule has 4 nitrogen and oxygen atoms in total. The smallest absolute Gasteiger partial charge is 0.162 e. The van der Waals surface area contributed by atoms with Gasteiger partial charge in [0.2, 0.25) is 0 Å². The van der Waals surface area contributed by atoms with Gasteiger partial charge in [0.1, 0.15) is 11.4 Å². The molecule has 4 heteroatoms. The van der Waals surface area contributed by atoms with Crippen LogP contribution in [0.3, 0.4) is 0 Å². The predicted octanol–water partition coefficient (Wildman–Crippen LogP) is 2.81. The summed E-state index contributed by atoms with van der Waals surface area (Å²) in [5.41, 5.74) is 0.981. The number of nitrogens with zero attached hydrogens (tertiary/aromatic N) is 2. The zero-order valence-electron chi connectivity index (χ0n) is 11.2. The minimum absolute atomic E-state index is 0.213. The Balaban J connectivity index is 1.96. The van der Waals surface area contributed by atoms with Gasteiger partial charge in [-0.1, -0.05) is 0 Å². The van der Waals surface area contributed by atoms with Crippen molar-refractivity contribution in [2.75, 3.05) is 19.0 Å². The molecule has 1 heterocycles. The summed E-state index contributed by atoms with van der Waals surface area (Å²) in [7, 11) is 1.78. The number of ether oxygens (including phenoxy) is 1. The van der Waals surface area contributed by atoms with Crippen molar-refractivity contribution in [2.24, 2.45) is 0 Å². The molecule has 0 aliphatic heterocycles. The van der Waals surface area contributed by atoms with Gasteiger partial charge in [-0.2, -0.15) is 0 Å². The predicted molar refractivity (Wildman–Crippen MR) is 70.7 cm³/mol. The van der Waals surface area contributed by atoms with Gasteiger partial charge < -0.3 is 10.1 Å². The van der Waals surface area contributed by atoms with Gasteiger partial charge in [-0.3, -0.25) is 0 Å². The number of nitrogens with one attached hydrogen (secondary N) is 1. The van der Waals surface area contributed by atoms with Gasteiger partial charge in [-0.25, -0.2) is 9.97 Å². The highest BCUT2D eigenvalue weighted by atomic mass is 16.5. The summed E-state index contributed by atoms with van der Waals surface area (Å²) < 4.78 is 5.70. The maximum Gasteiger partial charge on any atom is 0.162 e. The van der Waals surface area contributed by atoms with Crippen molar-refractivity contribution < 1.29 is 4.74 Å². The van der Waals surface area contributed by atoms with E-state index in [1.165, 1.54) is 25.0 Å². The van der Waals surface area contributed by atoms with Crippen LogP contribution in [0.1, 0.15) is 56.5 Å². The lowest BCUT2D eigenvalue weighted by Crippen LogP contribution is -2.38. The molecule has 2 fully saturated rings. The van der Waals surface area contributed by atoms with Crippen LogP contribution in [0.25, 0.3) is 0 Å². The molecule has 3 rings (SSSR count). The zero-order valence-corrected chi connectivity index (χ0v) is 11.2. The maximum absolute atomic E-state index is 5.70. The summed E-state index contributed by atoms with van der Waals surface area (Å²) in [6, 6.07) is 2.10. The SMILES string of the molecule is CCNc1cc(C2CC2)nc(C2(OC)CCC2)n1. The fraction of sp³-hybridized carbons (Fsp3) is 0.714. The number of aromatic nitrogens is 2. The Bertz CT molecular complexity index is 433. The van der Waals surface area contributed by atoms with Crippen LogP contribution in [-0.2, 0) is 10.3 Å². The molecule has 0 saturated heterocycles. The largest absolute Gasteiger partial charge is 0.370 e. The van der Waals surface area contributed by atoms with Gasteiger partial charge >= 0.3 is 0 Å². The third-order valence-corrected chi connectivity index (χ3v) is 4.06. The van der Waals surface area contributed by atoms with E-state index in [2.05, 4.69) is 23.3 Å². The van der Waals surface area contributed by atoms with Crippen molar-refractivity contribution in [3.8, 4) is 0 Å². The van der Waals surface area contributed by atoms with E-state index in [1.807, 2.05) is 0 Å². The zero-order chi connectivity index (χ0) is 12.6. The van der Waals surface area contributed by atoms with E-state index in [-0.39, 0.29) is 5.60 Å². The van der Waals surface area contributed by atoms with Crippen LogP contribution in [-0.4, -0.2) is 23.6 Å². The van der Waals surface area contributed by atoms with Gasteiger partial charge in [0.05, 0.1) is 0 Å². The quantitative estimate of drug-likeness (QED) is 0.869. The van der Waals surface area contributed by atoms with Crippen molar-refractivity contribution in [3.05, 3.63) is 17.6 Å². The minimum atomic E-state index is -0.213. The van der Waals surface area contributed by atoms with Gasteiger partial charge in [0.25, 0.3) is 0 Å². The molecule has 2 aliphatic carbocycles. The molecule has 0 unspecified atom stereocenters. The molecular formula is C14H21N3O. The highest BCUT2D eigenvalue weighted by Crippen LogP contribution is 2.45. The van der Waals surface area contributed by atoms with Crippen LogP contribution < -0.4 is 5.32 Å². The highest BCUT2D eigenvalue weighted by molar-refractivity contribution is 5.39. The second-order valence-corrected chi connectivity index (χ2v) is 5.36. The first-order valence-electron chi connectivity index (χ1n) is 6.96. The molecule has 98 valence electrons. The van der Waals surface area contributed by atoms with Gasteiger partial charge in [-0.15, -0.1) is 0 Å². The number of hydrogen-bond acceptors (Lipinski definition) is 4. The van der Waals surface area contributed by atoms with Crippen molar-refractivity contribution >= 4 is 5.82 Å². The minimum Gasteiger partial charge on any atom is -0.370 e. The average molecular weight is 247 g/mol. The average Bonchev–Trinajstić information content (AvgIpc) is 3.12. The molecule has 0 aromatic carbocycles. The first-order valence-corrected chi connectivity index (χ1v) is 6.96. The van der Waals surface area contributed by atoms with E-state index < -0.39 is 0 Å². The number of rotatable bonds is 5. The van der Waals surface area contributed by atoms with E-state index in [0.29, 0.717) is 5.92 Å². The molecule has 18 heavy (non-hydrogen) atoms. The second kappa shape index (κ2) is 4.50. The third-order valence-electron chi connectivity index (χ3n) is 4.06. The van der Waals surface area contributed by atoms with E-state index in [0.717, 1.165) is 31.0 Å². The molecule has 0 amide bonds. The topological polar surface area (TPSA) is 47.0 Å². The Morgan fingerprint density at radius 1 is 1.39 bits per heavy atom. The first-order chi connectivity index (χ1) is 8.77. The summed E-state index contributed by atoms with van der Waals surface area (Å²) in [4.78, 5) is 9.42. The number of hydrogen-bond donors (Lipinski definition) is 1. The first kappa shape index (κ1) is 11.9. The molecule has 1 N–H and O–H groups in total. The Labute approximate surface area is 108 Å².